The maximum atomic E-state index is 10.9. The van der Waals surface area contributed by atoms with Crippen molar-refractivity contribution >= 4 is 18.1 Å². The number of aldehydes is 1. The van der Waals surface area contributed by atoms with Crippen LogP contribution in [0.5, 0.6) is 0 Å². The Labute approximate surface area is 70.5 Å². The summed E-state index contributed by atoms with van der Waals surface area (Å²) in [7, 11) is 0. The van der Waals surface area contributed by atoms with E-state index in [1.807, 2.05) is 6.07 Å². The molecule has 2 heteroatoms. The Morgan fingerprint density at radius 2 is 2.17 bits per heavy atom. The standard InChI is InChI=1S/C10H8O2/c1-2-8-4-3-5-9(6-8)10(12)7-11/h2-7H,1H2. The number of ketones is 1. The normalized spacial score (nSPS) is 9.00. The molecule has 0 spiro atoms. The lowest BCUT2D eigenvalue weighted by molar-refractivity contribution is -0.104. The number of benzene rings is 1. The molecule has 2 nitrogen and oxygen atoms in total. The summed E-state index contributed by atoms with van der Waals surface area (Å²) < 4.78 is 0. The summed E-state index contributed by atoms with van der Waals surface area (Å²) in [4.78, 5) is 21.0. The largest absolute Gasteiger partial charge is 0.294 e. The zero-order chi connectivity index (χ0) is 8.97. The van der Waals surface area contributed by atoms with Crippen molar-refractivity contribution in [3.05, 3.63) is 42.0 Å². The summed E-state index contributed by atoms with van der Waals surface area (Å²) in [5.41, 5.74) is 1.24. The van der Waals surface area contributed by atoms with Gasteiger partial charge in [-0.1, -0.05) is 30.9 Å². The molecule has 0 unspecified atom stereocenters. The number of carbonyl (C=O) groups is 2. The van der Waals surface area contributed by atoms with Crippen LogP contribution in [0.4, 0.5) is 0 Å². The van der Waals surface area contributed by atoms with Crippen molar-refractivity contribution in [2.75, 3.05) is 0 Å². The van der Waals surface area contributed by atoms with Crippen LogP contribution in [-0.2, 0) is 4.79 Å². The number of hydrogen-bond donors (Lipinski definition) is 0. The van der Waals surface area contributed by atoms with E-state index < -0.39 is 5.78 Å². The number of Topliss-reactive ketones (excluding diaryl/α,β-unsaturated/α-hetero) is 1. The van der Waals surface area contributed by atoms with Gasteiger partial charge < -0.3 is 0 Å². The fraction of sp³-hybridized carbons (Fsp3) is 0. The van der Waals surface area contributed by atoms with Gasteiger partial charge in [-0.2, -0.15) is 0 Å². The van der Waals surface area contributed by atoms with E-state index in [4.69, 9.17) is 0 Å². The third kappa shape index (κ3) is 1.66. The molecular formula is C10H8O2. The second kappa shape index (κ2) is 3.62. The molecule has 0 amide bonds. The minimum Gasteiger partial charge on any atom is -0.294 e. The minimum atomic E-state index is -0.501. The maximum absolute atomic E-state index is 10.9. The molecule has 0 radical (unpaired) electrons. The molecule has 0 atom stereocenters. The van der Waals surface area contributed by atoms with Gasteiger partial charge in [0.25, 0.3) is 0 Å². The molecule has 1 rings (SSSR count). The van der Waals surface area contributed by atoms with E-state index in [0.717, 1.165) is 5.56 Å². The second-order valence-corrected chi connectivity index (χ2v) is 2.31. The minimum absolute atomic E-state index is 0.308. The summed E-state index contributed by atoms with van der Waals surface area (Å²) in [5.74, 6) is -0.501. The Kier molecular flexibility index (Phi) is 2.53. The highest BCUT2D eigenvalue weighted by atomic mass is 16.2. The number of hydrogen-bond acceptors (Lipinski definition) is 2. The number of carbonyl (C=O) groups excluding carboxylic acids is 2. The van der Waals surface area contributed by atoms with E-state index in [1.54, 1.807) is 24.3 Å². The Bertz CT molecular complexity index is 326. The first-order chi connectivity index (χ1) is 5.77. The summed E-state index contributed by atoms with van der Waals surface area (Å²) in [6, 6.07) is 6.76. The Morgan fingerprint density at radius 1 is 1.42 bits per heavy atom. The van der Waals surface area contributed by atoms with Crippen molar-refractivity contribution in [3.8, 4) is 0 Å². The molecule has 0 bridgehead atoms. The van der Waals surface area contributed by atoms with Gasteiger partial charge in [0.15, 0.2) is 6.29 Å². The zero-order valence-corrected chi connectivity index (χ0v) is 6.49. The van der Waals surface area contributed by atoms with Crippen LogP contribution in [0.3, 0.4) is 0 Å². The third-order valence-corrected chi connectivity index (χ3v) is 1.51. The topological polar surface area (TPSA) is 34.1 Å². The van der Waals surface area contributed by atoms with Gasteiger partial charge in [0.05, 0.1) is 0 Å². The fourth-order valence-corrected chi connectivity index (χ4v) is 0.887. The molecule has 0 heterocycles. The molecule has 1 aromatic rings. The van der Waals surface area contributed by atoms with Crippen LogP contribution in [0.2, 0.25) is 0 Å². The van der Waals surface area contributed by atoms with Crippen molar-refractivity contribution in [2.45, 2.75) is 0 Å². The first-order valence-electron chi connectivity index (χ1n) is 3.50. The van der Waals surface area contributed by atoms with Crippen molar-refractivity contribution in [2.24, 2.45) is 0 Å². The molecule has 0 aromatic heterocycles. The van der Waals surface area contributed by atoms with Crippen molar-refractivity contribution < 1.29 is 9.59 Å². The average Bonchev–Trinajstić information content (AvgIpc) is 2.17. The monoisotopic (exact) mass is 160 g/mol. The molecule has 0 saturated carbocycles. The fourth-order valence-electron chi connectivity index (χ4n) is 0.887. The van der Waals surface area contributed by atoms with Crippen LogP contribution in [-0.4, -0.2) is 12.1 Å². The Morgan fingerprint density at radius 3 is 2.75 bits per heavy atom. The smallest absolute Gasteiger partial charge is 0.225 e. The molecule has 60 valence electrons. The molecule has 12 heavy (non-hydrogen) atoms. The molecule has 0 aliphatic heterocycles. The predicted molar refractivity (Wildman–Crippen MR) is 46.9 cm³/mol. The highest BCUT2D eigenvalue weighted by molar-refractivity contribution is 6.33. The van der Waals surface area contributed by atoms with Crippen LogP contribution in [0.15, 0.2) is 30.8 Å². The van der Waals surface area contributed by atoms with Crippen LogP contribution in [0.25, 0.3) is 6.08 Å². The van der Waals surface area contributed by atoms with Gasteiger partial charge in [0, 0.05) is 5.56 Å². The number of rotatable bonds is 3. The average molecular weight is 160 g/mol. The van der Waals surface area contributed by atoms with Gasteiger partial charge in [0.1, 0.15) is 0 Å². The zero-order valence-electron chi connectivity index (χ0n) is 6.49. The lowest BCUT2D eigenvalue weighted by atomic mass is 10.1. The van der Waals surface area contributed by atoms with E-state index >= 15 is 0 Å². The lowest BCUT2D eigenvalue weighted by Gasteiger charge is -1.95. The van der Waals surface area contributed by atoms with E-state index in [1.165, 1.54) is 0 Å². The molecule has 0 aliphatic carbocycles. The Hall–Kier alpha value is -1.70. The first-order valence-corrected chi connectivity index (χ1v) is 3.50. The van der Waals surface area contributed by atoms with Gasteiger partial charge in [-0.05, 0) is 11.6 Å². The van der Waals surface area contributed by atoms with Crippen molar-refractivity contribution in [1.82, 2.24) is 0 Å². The van der Waals surface area contributed by atoms with E-state index in [0.29, 0.717) is 11.8 Å². The van der Waals surface area contributed by atoms with Gasteiger partial charge >= 0.3 is 0 Å². The van der Waals surface area contributed by atoms with Gasteiger partial charge in [-0.15, -0.1) is 0 Å². The maximum Gasteiger partial charge on any atom is 0.225 e. The second-order valence-electron chi connectivity index (χ2n) is 2.31. The summed E-state index contributed by atoms with van der Waals surface area (Å²) >= 11 is 0. The Balaban J connectivity index is 3.09. The van der Waals surface area contributed by atoms with Crippen molar-refractivity contribution in [3.63, 3.8) is 0 Å². The van der Waals surface area contributed by atoms with Crippen LogP contribution in [0, 0.1) is 0 Å². The van der Waals surface area contributed by atoms with E-state index in [2.05, 4.69) is 6.58 Å². The summed E-state index contributed by atoms with van der Waals surface area (Å²) in [5, 5.41) is 0. The molecular weight excluding hydrogens is 152 g/mol. The first kappa shape index (κ1) is 8.40. The molecule has 0 fully saturated rings. The van der Waals surface area contributed by atoms with Crippen LogP contribution in [0.1, 0.15) is 15.9 Å². The van der Waals surface area contributed by atoms with Gasteiger partial charge in [0.2, 0.25) is 5.78 Å². The van der Waals surface area contributed by atoms with Gasteiger partial charge in [-0.3, -0.25) is 9.59 Å². The quantitative estimate of drug-likeness (QED) is 0.383. The van der Waals surface area contributed by atoms with E-state index in [-0.39, 0.29) is 0 Å². The molecule has 1 aromatic carbocycles. The van der Waals surface area contributed by atoms with Gasteiger partial charge in [-0.25, -0.2) is 0 Å². The van der Waals surface area contributed by atoms with Crippen LogP contribution >= 0.6 is 0 Å². The highest BCUT2D eigenvalue weighted by Gasteiger charge is 2.02. The molecule has 0 N–H and O–H groups in total. The highest BCUT2D eigenvalue weighted by Crippen LogP contribution is 2.05. The molecule has 0 saturated heterocycles. The van der Waals surface area contributed by atoms with Crippen LogP contribution < -0.4 is 0 Å². The van der Waals surface area contributed by atoms with E-state index in [9.17, 15) is 9.59 Å². The third-order valence-electron chi connectivity index (χ3n) is 1.51. The predicted octanol–water partition coefficient (Wildman–Crippen LogP) is 1.71. The SMILES string of the molecule is C=Cc1cccc(C(=O)C=O)c1. The molecule has 0 aliphatic rings. The summed E-state index contributed by atoms with van der Waals surface area (Å²) in [6.07, 6.45) is 1.93. The lowest BCUT2D eigenvalue weighted by Crippen LogP contribution is -1.99. The summed E-state index contributed by atoms with van der Waals surface area (Å²) in [6.45, 7) is 3.56. The van der Waals surface area contributed by atoms with Crippen molar-refractivity contribution in [1.29, 1.82) is 0 Å².